The van der Waals surface area contributed by atoms with E-state index in [1.54, 1.807) is 0 Å². The van der Waals surface area contributed by atoms with Crippen LogP contribution in [0, 0.1) is 0 Å². The van der Waals surface area contributed by atoms with Gasteiger partial charge in [-0.1, -0.05) is 41.9 Å². The predicted molar refractivity (Wildman–Crippen MR) is 64.4 cm³/mol. The van der Waals surface area contributed by atoms with E-state index >= 15 is 0 Å². The first-order chi connectivity index (χ1) is 6.63. The Morgan fingerprint density at radius 3 is 2.57 bits per heavy atom. The molecule has 0 radical (unpaired) electrons. The van der Waals surface area contributed by atoms with Crippen molar-refractivity contribution < 1.29 is 4.74 Å². The molecular formula is C12H17BrO. The first kappa shape index (κ1) is 11.6. The normalized spacial score (nSPS) is 12.9. The van der Waals surface area contributed by atoms with Crippen molar-refractivity contribution >= 4 is 15.9 Å². The Bertz CT molecular complexity index is 283. The number of benzene rings is 1. The molecule has 1 rings (SSSR count). The number of hydrogen-bond acceptors (Lipinski definition) is 1. The molecule has 0 saturated heterocycles. The second-order valence-electron chi connectivity index (χ2n) is 3.81. The van der Waals surface area contributed by atoms with Crippen molar-refractivity contribution in [1.29, 1.82) is 0 Å². The Labute approximate surface area is 94.6 Å². The standard InChI is InChI=1S/C12H17BrO/c1-9(2)11-5-4-6-12(7-11)14-10(3)8-13/h4-7,9-10H,8H2,1-3H3. The van der Waals surface area contributed by atoms with Crippen LogP contribution >= 0.6 is 15.9 Å². The van der Waals surface area contributed by atoms with Gasteiger partial charge in [-0.3, -0.25) is 0 Å². The van der Waals surface area contributed by atoms with Gasteiger partial charge in [-0.05, 0) is 30.5 Å². The Hall–Kier alpha value is -0.500. The van der Waals surface area contributed by atoms with Crippen LogP contribution in [0.15, 0.2) is 24.3 Å². The molecule has 1 atom stereocenters. The Morgan fingerprint density at radius 1 is 1.29 bits per heavy atom. The number of ether oxygens (including phenoxy) is 1. The summed E-state index contributed by atoms with van der Waals surface area (Å²) < 4.78 is 5.71. The molecule has 2 heteroatoms. The third-order valence-corrected chi connectivity index (χ3v) is 2.99. The lowest BCUT2D eigenvalue weighted by Crippen LogP contribution is -2.12. The zero-order chi connectivity index (χ0) is 10.6. The van der Waals surface area contributed by atoms with E-state index in [1.165, 1.54) is 5.56 Å². The highest BCUT2D eigenvalue weighted by atomic mass is 79.9. The number of hydrogen-bond donors (Lipinski definition) is 0. The molecule has 78 valence electrons. The van der Waals surface area contributed by atoms with E-state index in [9.17, 15) is 0 Å². The Morgan fingerprint density at radius 2 is 2.00 bits per heavy atom. The molecule has 0 aromatic heterocycles. The van der Waals surface area contributed by atoms with Crippen molar-refractivity contribution in [3.05, 3.63) is 29.8 Å². The molecule has 0 aliphatic rings. The maximum Gasteiger partial charge on any atom is 0.120 e. The fraction of sp³-hybridized carbons (Fsp3) is 0.500. The van der Waals surface area contributed by atoms with E-state index in [-0.39, 0.29) is 6.10 Å². The highest BCUT2D eigenvalue weighted by Crippen LogP contribution is 2.21. The van der Waals surface area contributed by atoms with Crippen LogP contribution in [0.5, 0.6) is 5.75 Å². The van der Waals surface area contributed by atoms with Crippen molar-refractivity contribution in [2.75, 3.05) is 5.33 Å². The quantitative estimate of drug-likeness (QED) is 0.741. The van der Waals surface area contributed by atoms with Gasteiger partial charge in [0, 0.05) is 5.33 Å². The molecule has 0 bridgehead atoms. The first-order valence-electron chi connectivity index (χ1n) is 4.96. The smallest absolute Gasteiger partial charge is 0.120 e. The van der Waals surface area contributed by atoms with Crippen molar-refractivity contribution in [2.24, 2.45) is 0 Å². The Kier molecular flexibility index (Phi) is 4.46. The lowest BCUT2D eigenvalue weighted by Gasteiger charge is -2.13. The largest absolute Gasteiger partial charge is 0.490 e. The molecule has 0 amide bonds. The van der Waals surface area contributed by atoms with Gasteiger partial charge < -0.3 is 4.74 Å². The molecular weight excluding hydrogens is 240 g/mol. The van der Waals surface area contributed by atoms with Crippen LogP contribution in [0.2, 0.25) is 0 Å². The molecule has 0 aliphatic heterocycles. The molecule has 0 N–H and O–H groups in total. The topological polar surface area (TPSA) is 9.23 Å². The molecule has 1 aromatic rings. The molecule has 0 saturated carbocycles. The lowest BCUT2D eigenvalue weighted by atomic mass is 10.0. The van der Waals surface area contributed by atoms with Crippen molar-refractivity contribution in [1.82, 2.24) is 0 Å². The zero-order valence-electron chi connectivity index (χ0n) is 8.96. The fourth-order valence-corrected chi connectivity index (χ4v) is 1.34. The van der Waals surface area contributed by atoms with Crippen LogP contribution in [0.1, 0.15) is 32.3 Å². The first-order valence-corrected chi connectivity index (χ1v) is 6.08. The van der Waals surface area contributed by atoms with Gasteiger partial charge in [-0.15, -0.1) is 0 Å². The van der Waals surface area contributed by atoms with Crippen LogP contribution in [0.25, 0.3) is 0 Å². The molecule has 1 nitrogen and oxygen atoms in total. The number of alkyl halides is 1. The SMILES string of the molecule is CC(CBr)Oc1cccc(C(C)C)c1. The molecule has 1 aromatic carbocycles. The van der Waals surface area contributed by atoms with Gasteiger partial charge >= 0.3 is 0 Å². The number of halogens is 1. The summed E-state index contributed by atoms with van der Waals surface area (Å²) in [5, 5.41) is 0.860. The zero-order valence-corrected chi connectivity index (χ0v) is 10.5. The average molecular weight is 257 g/mol. The van der Waals surface area contributed by atoms with Crippen molar-refractivity contribution in [3.63, 3.8) is 0 Å². The van der Waals surface area contributed by atoms with Gasteiger partial charge in [0.15, 0.2) is 0 Å². The summed E-state index contributed by atoms with van der Waals surface area (Å²) in [6.07, 6.45) is 0.220. The van der Waals surface area contributed by atoms with Gasteiger partial charge in [0.25, 0.3) is 0 Å². The van der Waals surface area contributed by atoms with E-state index in [4.69, 9.17) is 4.74 Å². The molecule has 0 heterocycles. The minimum Gasteiger partial charge on any atom is -0.490 e. The van der Waals surface area contributed by atoms with Gasteiger partial charge in [-0.2, -0.15) is 0 Å². The Balaban J connectivity index is 2.73. The second-order valence-corrected chi connectivity index (χ2v) is 4.46. The summed E-state index contributed by atoms with van der Waals surface area (Å²) in [4.78, 5) is 0. The fourth-order valence-electron chi connectivity index (χ4n) is 1.21. The minimum atomic E-state index is 0.220. The van der Waals surface area contributed by atoms with Crippen LogP contribution in [-0.4, -0.2) is 11.4 Å². The van der Waals surface area contributed by atoms with Gasteiger partial charge in [0.2, 0.25) is 0 Å². The van der Waals surface area contributed by atoms with E-state index < -0.39 is 0 Å². The third-order valence-electron chi connectivity index (χ3n) is 2.08. The van der Waals surface area contributed by atoms with E-state index in [0.717, 1.165) is 11.1 Å². The molecule has 14 heavy (non-hydrogen) atoms. The summed E-state index contributed by atoms with van der Waals surface area (Å²) in [5.41, 5.74) is 1.32. The molecule has 1 unspecified atom stereocenters. The highest BCUT2D eigenvalue weighted by Gasteiger charge is 2.04. The van der Waals surface area contributed by atoms with E-state index in [0.29, 0.717) is 5.92 Å². The van der Waals surface area contributed by atoms with E-state index in [1.807, 2.05) is 12.1 Å². The maximum absolute atomic E-state index is 5.71. The van der Waals surface area contributed by atoms with Gasteiger partial charge in [0.1, 0.15) is 11.9 Å². The maximum atomic E-state index is 5.71. The van der Waals surface area contributed by atoms with Crippen molar-refractivity contribution in [3.8, 4) is 5.75 Å². The summed E-state index contributed by atoms with van der Waals surface area (Å²) in [7, 11) is 0. The van der Waals surface area contributed by atoms with Gasteiger partial charge in [0.05, 0.1) is 0 Å². The second kappa shape index (κ2) is 5.40. The van der Waals surface area contributed by atoms with Crippen LogP contribution in [-0.2, 0) is 0 Å². The van der Waals surface area contributed by atoms with Gasteiger partial charge in [-0.25, -0.2) is 0 Å². The van der Waals surface area contributed by atoms with E-state index in [2.05, 4.69) is 48.8 Å². The number of rotatable bonds is 4. The summed E-state index contributed by atoms with van der Waals surface area (Å²) in [6.45, 7) is 6.43. The van der Waals surface area contributed by atoms with Crippen LogP contribution < -0.4 is 4.74 Å². The molecule has 0 spiro atoms. The predicted octanol–water partition coefficient (Wildman–Crippen LogP) is 3.97. The average Bonchev–Trinajstić information content (AvgIpc) is 2.18. The van der Waals surface area contributed by atoms with Crippen LogP contribution in [0.4, 0.5) is 0 Å². The third kappa shape index (κ3) is 3.33. The summed E-state index contributed by atoms with van der Waals surface area (Å²) >= 11 is 3.39. The van der Waals surface area contributed by atoms with Crippen molar-refractivity contribution in [2.45, 2.75) is 32.8 Å². The molecule has 0 aliphatic carbocycles. The highest BCUT2D eigenvalue weighted by molar-refractivity contribution is 9.09. The molecule has 0 fully saturated rings. The monoisotopic (exact) mass is 256 g/mol. The lowest BCUT2D eigenvalue weighted by molar-refractivity contribution is 0.248. The minimum absolute atomic E-state index is 0.220. The van der Waals surface area contributed by atoms with Crippen LogP contribution in [0.3, 0.4) is 0 Å². The summed E-state index contributed by atoms with van der Waals surface area (Å²) in [6, 6.07) is 8.30. The summed E-state index contributed by atoms with van der Waals surface area (Å²) in [5.74, 6) is 1.51.